The molecule has 0 aliphatic heterocycles. The molecule has 0 aliphatic rings. The third kappa shape index (κ3) is 2.87. The fourth-order valence-electron chi connectivity index (χ4n) is 2.13. The van der Waals surface area contributed by atoms with Gasteiger partial charge in [0, 0.05) is 16.4 Å². The second-order valence-electron chi connectivity index (χ2n) is 4.56. The lowest BCUT2D eigenvalue weighted by Crippen LogP contribution is -2.03. The van der Waals surface area contributed by atoms with Crippen molar-refractivity contribution in [2.75, 3.05) is 5.32 Å². The van der Waals surface area contributed by atoms with E-state index in [2.05, 4.69) is 26.2 Å². The van der Waals surface area contributed by atoms with Gasteiger partial charge in [0.05, 0.1) is 17.4 Å². The van der Waals surface area contributed by atoms with Crippen LogP contribution in [0.2, 0.25) is 0 Å². The van der Waals surface area contributed by atoms with Crippen LogP contribution < -0.4 is 5.32 Å². The first-order valence-electron chi connectivity index (χ1n) is 6.27. The van der Waals surface area contributed by atoms with Gasteiger partial charge in [0.2, 0.25) is 0 Å². The third-order valence-electron chi connectivity index (χ3n) is 3.13. The van der Waals surface area contributed by atoms with Gasteiger partial charge in [0.15, 0.2) is 0 Å². The van der Waals surface area contributed by atoms with E-state index < -0.39 is 5.97 Å². The smallest absolute Gasteiger partial charge is 0.337 e. The van der Waals surface area contributed by atoms with Crippen molar-refractivity contribution >= 4 is 44.0 Å². The minimum absolute atomic E-state index is 0.195. The number of hydrogen-bond acceptors (Lipinski definition) is 3. The molecule has 2 aromatic carbocycles. The zero-order valence-corrected chi connectivity index (χ0v) is 12.5. The molecule has 2 N–H and O–H groups in total. The van der Waals surface area contributed by atoms with Crippen molar-refractivity contribution in [3.63, 3.8) is 0 Å². The number of benzene rings is 2. The van der Waals surface area contributed by atoms with Gasteiger partial charge < -0.3 is 10.4 Å². The predicted octanol–water partition coefficient (Wildman–Crippen LogP) is 4.44. The number of aromatic nitrogens is 1. The van der Waals surface area contributed by atoms with Crippen LogP contribution in [0, 0.1) is 0 Å². The summed E-state index contributed by atoms with van der Waals surface area (Å²) in [6, 6.07) is 13.4. The largest absolute Gasteiger partial charge is 0.478 e. The number of carboxylic acid groups (broad SMARTS) is 1. The average Bonchev–Trinajstić information content (AvgIpc) is 2.48. The van der Waals surface area contributed by atoms with Gasteiger partial charge >= 0.3 is 5.97 Å². The van der Waals surface area contributed by atoms with Gasteiger partial charge in [0.25, 0.3) is 0 Å². The summed E-state index contributed by atoms with van der Waals surface area (Å²) in [5.41, 5.74) is 1.49. The molecular formula is C16H11BrN2O2. The number of nitrogens with one attached hydrogen (secondary N) is 1. The Hall–Kier alpha value is -2.40. The van der Waals surface area contributed by atoms with E-state index in [4.69, 9.17) is 0 Å². The molecule has 1 aromatic heterocycles. The molecule has 0 saturated heterocycles. The lowest BCUT2D eigenvalue weighted by atomic mass is 10.1. The number of pyridine rings is 1. The van der Waals surface area contributed by atoms with Crippen molar-refractivity contribution in [2.24, 2.45) is 0 Å². The number of nitrogens with zero attached hydrogens (tertiary/aromatic N) is 1. The fourth-order valence-corrected chi connectivity index (χ4v) is 2.51. The Balaban J connectivity index is 1.99. The second-order valence-corrected chi connectivity index (χ2v) is 5.47. The highest BCUT2D eigenvalue weighted by Gasteiger charge is 2.09. The van der Waals surface area contributed by atoms with Crippen molar-refractivity contribution in [1.29, 1.82) is 0 Å². The number of anilines is 2. The van der Waals surface area contributed by atoms with Crippen LogP contribution in [0.5, 0.6) is 0 Å². The summed E-state index contributed by atoms with van der Waals surface area (Å²) in [5.74, 6) is -0.982. The SMILES string of the molecule is O=C(O)c1ccncc1Nc1ccc2cc(Br)ccc2c1. The summed E-state index contributed by atoms with van der Waals surface area (Å²) >= 11 is 3.44. The van der Waals surface area contributed by atoms with Gasteiger partial charge in [-0.05, 0) is 41.1 Å². The van der Waals surface area contributed by atoms with Crippen LogP contribution in [0.15, 0.2) is 59.3 Å². The molecule has 0 aliphatic carbocycles. The monoisotopic (exact) mass is 342 g/mol. The maximum absolute atomic E-state index is 11.2. The lowest BCUT2D eigenvalue weighted by molar-refractivity contribution is 0.0698. The Bertz CT molecular complexity index is 833. The standard InChI is InChI=1S/C16H11BrN2O2/c17-12-3-1-11-8-13(4-2-10(11)7-12)19-15-9-18-6-5-14(15)16(20)21/h1-9,19H,(H,20,21). The zero-order chi connectivity index (χ0) is 14.8. The molecule has 0 unspecified atom stereocenters. The van der Waals surface area contributed by atoms with Gasteiger partial charge in [-0.3, -0.25) is 4.98 Å². The quantitative estimate of drug-likeness (QED) is 0.738. The molecule has 1 heterocycles. The number of rotatable bonds is 3. The molecule has 0 saturated carbocycles. The second kappa shape index (κ2) is 5.54. The molecule has 4 nitrogen and oxygen atoms in total. The first kappa shape index (κ1) is 13.6. The Labute approximate surface area is 129 Å². The first-order valence-corrected chi connectivity index (χ1v) is 7.06. The highest BCUT2D eigenvalue weighted by molar-refractivity contribution is 9.10. The van der Waals surface area contributed by atoms with E-state index >= 15 is 0 Å². The topological polar surface area (TPSA) is 62.2 Å². The van der Waals surface area contributed by atoms with Crippen LogP contribution in [0.25, 0.3) is 10.8 Å². The highest BCUT2D eigenvalue weighted by atomic mass is 79.9. The molecule has 5 heteroatoms. The van der Waals surface area contributed by atoms with E-state index in [1.165, 1.54) is 18.5 Å². The Kier molecular flexibility index (Phi) is 3.58. The maximum atomic E-state index is 11.2. The van der Waals surface area contributed by atoms with E-state index in [0.29, 0.717) is 5.69 Å². The Morgan fingerprint density at radius 1 is 1.10 bits per heavy atom. The third-order valence-corrected chi connectivity index (χ3v) is 3.63. The van der Waals surface area contributed by atoms with Gasteiger partial charge in [-0.25, -0.2) is 4.79 Å². The lowest BCUT2D eigenvalue weighted by Gasteiger charge is -2.10. The van der Waals surface area contributed by atoms with Crippen molar-refractivity contribution in [3.05, 3.63) is 64.9 Å². The van der Waals surface area contributed by atoms with Crippen molar-refractivity contribution in [3.8, 4) is 0 Å². The number of hydrogen-bond donors (Lipinski definition) is 2. The van der Waals surface area contributed by atoms with Crippen LogP contribution in [-0.4, -0.2) is 16.1 Å². The van der Waals surface area contributed by atoms with Crippen LogP contribution >= 0.6 is 15.9 Å². The van der Waals surface area contributed by atoms with E-state index in [-0.39, 0.29) is 5.56 Å². The molecule has 0 spiro atoms. The minimum atomic E-state index is -0.982. The average molecular weight is 343 g/mol. The summed E-state index contributed by atoms with van der Waals surface area (Å²) in [7, 11) is 0. The number of carbonyl (C=O) groups is 1. The number of carboxylic acids is 1. The molecule has 0 atom stereocenters. The van der Waals surface area contributed by atoms with Crippen LogP contribution in [0.1, 0.15) is 10.4 Å². The predicted molar refractivity (Wildman–Crippen MR) is 86.1 cm³/mol. The highest BCUT2D eigenvalue weighted by Crippen LogP contribution is 2.26. The summed E-state index contributed by atoms with van der Waals surface area (Å²) in [6.45, 7) is 0. The summed E-state index contributed by atoms with van der Waals surface area (Å²) in [4.78, 5) is 15.2. The van der Waals surface area contributed by atoms with Crippen molar-refractivity contribution in [2.45, 2.75) is 0 Å². The molecule has 104 valence electrons. The van der Waals surface area contributed by atoms with Crippen LogP contribution in [0.4, 0.5) is 11.4 Å². The van der Waals surface area contributed by atoms with Gasteiger partial charge in [-0.15, -0.1) is 0 Å². The Morgan fingerprint density at radius 3 is 2.67 bits per heavy atom. The molecule has 21 heavy (non-hydrogen) atoms. The van der Waals surface area contributed by atoms with Crippen molar-refractivity contribution in [1.82, 2.24) is 4.98 Å². The Morgan fingerprint density at radius 2 is 1.86 bits per heavy atom. The van der Waals surface area contributed by atoms with E-state index in [1.54, 1.807) is 0 Å². The van der Waals surface area contributed by atoms with Gasteiger partial charge in [-0.1, -0.05) is 28.1 Å². The minimum Gasteiger partial charge on any atom is -0.478 e. The van der Waals surface area contributed by atoms with Crippen LogP contribution in [-0.2, 0) is 0 Å². The number of fused-ring (bicyclic) bond motifs is 1. The molecule has 3 rings (SSSR count). The van der Waals surface area contributed by atoms with E-state index in [1.807, 2.05) is 36.4 Å². The zero-order valence-electron chi connectivity index (χ0n) is 10.9. The summed E-state index contributed by atoms with van der Waals surface area (Å²) in [6.07, 6.45) is 2.97. The molecule has 0 fully saturated rings. The van der Waals surface area contributed by atoms with E-state index in [9.17, 15) is 9.90 Å². The molecule has 3 aromatic rings. The first-order chi connectivity index (χ1) is 10.1. The number of halogens is 1. The molecule has 0 bridgehead atoms. The van der Waals surface area contributed by atoms with E-state index in [0.717, 1.165) is 20.9 Å². The summed E-state index contributed by atoms with van der Waals surface area (Å²) < 4.78 is 1.02. The fraction of sp³-hybridized carbons (Fsp3) is 0. The number of aromatic carboxylic acids is 1. The molecule has 0 radical (unpaired) electrons. The molecular weight excluding hydrogens is 332 g/mol. The maximum Gasteiger partial charge on any atom is 0.337 e. The van der Waals surface area contributed by atoms with Crippen LogP contribution in [0.3, 0.4) is 0 Å². The molecule has 0 amide bonds. The van der Waals surface area contributed by atoms with Gasteiger partial charge in [-0.2, -0.15) is 0 Å². The van der Waals surface area contributed by atoms with Gasteiger partial charge in [0.1, 0.15) is 0 Å². The summed E-state index contributed by atoms with van der Waals surface area (Å²) in [5, 5.41) is 14.5. The normalized spacial score (nSPS) is 10.5. The van der Waals surface area contributed by atoms with Crippen molar-refractivity contribution < 1.29 is 9.90 Å².